The van der Waals surface area contributed by atoms with Crippen LogP contribution in [0.25, 0.3) is 0 Å². The van der Waals surface area contributed by atoms with Crippen LogP contribution in [0.1, 0.15) is 29.1 Å². The number of nitrogens with zero attached hydrogens (tertiary/aromatic N) is 1. The number of nitrogens with one attached hydrogen (secondary N) is 4. The lowest BCUT2D eigenvalue weighted by molar-refractivity contribution is -0.123. The molecule has 1 heterocycles. The molecule has 3 aromatic rings. The molecule has 3 rings (SSSR count). The normalized spacial score (nSPS) is 12.5. The number of ether oxygens (including phenoxy) is 2. The molecule has 0 aliphatic heterocycles. The van der Waals surface area contributed by atoms with Crippen LogP contribution >= 0.6 is 11.3 Å². The summed E-state index contributed by atoms with van der Waals surface area (Å²) in [4.78, 5) is 41.8. The lowest BCUT2D eigenvalue weighted by Gasteiger charge is -2.22. The standard InChI is InChI=1S/C25H29N5O8S2/c1-3-38-25(33)29-21-15-39-23(28-21)20(14-17-10-7-11-18(12-17)30-40(34,35)36)26-22(31)19(27-24(32)37-2)13-16-8-5-4-6-9-16/h4-12,15,19-20,30H,3,13-14H2,1-2H3,(H,26,31)(H,27,32)(H,29,33)(H,34,35,36). The van der Waals surface area contributed by atoms with E-state index in [4.69, 9.17) is 14.0 Å². The van der Waals surface area contributed by atoms with E-state index in [1.165, 1.54) is 30.6 Å². The van der Waals surface area contributed by atoms with Crippen molar-refractivity contribution in [3.63, 3.8) is 0 Å². The Labute approximate surface area is 235 Å². The molecule has 3 amide bonds. The van der Waals surface area contributed by atoms with Gasteiger partial charge in [-0.3, -0.25) is 19.4 Å². The molecule has 15 heteroatoms. The Hall–Kier alpha value is -4.21. The molecule has 5 N–H and O–H groups in total. The number of aromatic nitrogens is 1. The van der Waals surface area contributed by atoms with E-state index in [0.29, 0.717) is 10.6 Å². The van der Waals surface area contributed by atoms with E-state index in [1.807, 2.05) is 35.1 Å². The maximum atomic E-state index is 13.5. The first kappa shape index (κ1) is 30.3. The Bertz CT molecular complexity index is 1420. The number of thiazole rings is 1. The Morgan fingerprint density at radius 2 is 1.73 bits per heavy atom. The fourth-order valence-corrected chi connectivity index (χ4v) is 4.88. The van der Waals surface area contributed by atoms with Crippen molar-refractivity contribution in [2.24, 2.45) is 0 Å². The highest BCUT2D eigenvalue weighted by molar-refractivity contribution is 7.87. The van der Waals surface area contributed by atoms with Gasteiger partial charge in [0.25, 0.3) is 0 Å². The molecule has 0 spiro atoms. The molecule has 0 saturated carbocycles. The SMILES string of the molecule is CCOC(=O)Nc1csc(C(Cc2cccc(NS(=O)(=O)O)c2)NC(=O)C(Cc2ccccc2)NC(=O)OC)n1. The summed E-state index contributed by atoms with van der Waals surface area (Å²) in [7, 11) is -3.30. The summed E-state index contributed by atoms with van der Waals surface area (Å²) in [6.07, 6.45) is -1.15. The van der Waals surface area contributed by atoms with Crippen LogP contribution in [0.15, 0.2) is 60.0 Å². The van der Waals surface area contributed by atoms with E-state index in [-0.39, 0.29) is 31.0 Å². The smallest absolute Gasteiger partial charge is 0.412 e. The van der Waals surface area contributed by atoms with Gasteiger partial charge in [0.15, 0.2) is 0 Å². The van der Waals surface area contributed by atoms with Gasteiger partial charge < -0.3 is 20.1 Å². The van der Waals surface area contributed by atoms with E-state index in [9.17, 15) is 22.8 Å². The summed E-state index contributed by atoms with van der Waals surface area (Å²) in [5.41, 5.74) is 1.51. The third-order valence-electron chi connectivity index (χ3n) is 5.33. The summed E-state index contributed by atoms with van der Waals surface area (Å²) >= 11 is 1.17. The summed E-state index contributed by atoms with van der Waals surface area (Å²) in [5.74, 6) is -0.311. The Morgan fingerprint density at radius 3 is 2.40 bits per heavy atom. The number of hydrogen-bond donors (Lipinski definition) is 5. The second kappa shape index (κ2) is 14.3. The molecule has 40 heavy (non-hydrogen) atoms. The molecule has 2 atom stereocenters. The van der Waals surface area contributed by atoms with Gasteiger partial charge in [0.1, 0.15) is 16.9 Å². The monoisotopic (exact) mass is 591 g/mol. The molecule has 0 bridgehead atoms. The average Bonchev–Trinajstić information content (AvgIpc) is 3.36. The minimum absolute atomic E-state index is 0.114. The first-order chi connectivity index (χ1) is 19.1. The predicted molar refractivity (Wildman–Crippen MR) is 148 cm³/mol. The van der Waals surface area contributed by atoms with Crippen LogP contribution in [-0.4, -0.2) is 55.8 Å². The largest absolute Gasteiger partial charge is 0.453 e. The Balaban J connectivity index is 1.89. The van der Waals surface area contributed by atoms with Crippen molar-refractivity contribution in [3.8, 4) is 0 Å². The summed E-state index contributed by atoms with van der Waals surface area (Å²) in [5, 5.41) is 9.95. The van der Waals surface area contributed by atoms with Gasteiger partial charge in [-0.25, -0.2) is 14.6 Å². The Morgan fingerprint density at radius 1 is 1.00 bits per heavy atom. The highest BCUT2D eigenvalue weighted by atomic mass is 32.2. The zero-order valence-electron chi connectivity index (χ0n) is 21.6. The van der Waals surface area contributed by atoms with Gasteiger partial charge in [0.2, 0.25) is 5.91 Å². The van der Waals surface area contributed by atoms with Gasteiger partial charge in [0, 0.05) is 11.8 Å². The van der Waals surface area contributed by atoms with Crippen molar-refractivity contribution < 1.29 is 36.8 Å². The quantitative estimate of drug-likeness (QED) is 0.197. The molecular weight excluding hydrogens is 562 g/mol. The molecule has 0 aliphatic carbocycles. The first-order valence-electron chi connectivity index (χ1n) is 12.0. The van der Waals surface area contributed by atoms with Gasteiger partial charge in [-0.05, 0) is 36.6 Å². The van der Waals surface area contributed by atoms with E-state index < -0.39 is 40.5 Å². The number of anilines is 2. The van der Waals surface area contributed by atoms with E-state index in [0.717, 1.165) is 5.56 Å². The minimum atomic E-state index is -4.50. The Kier molecular flexibility index (Phi) is 10.8. The van der Waals surface area contributed by atoms with Crippen molar-refractivity contribution >= 4 is 51.2 Å². The highest BCUT2D eigenvalue weighted by Gasteiger charge is 2.27. The maximum absolute atomic E-state index is 13.5. The molecule has 0 radical (unpaired) electrons. The van der Waals surface area contributed by atoms with Crippen LogP contribution < -0.4 is 20.7 Å². The molecule has 1 aromatic heterocycles. The molecule has 13 nitrogen and oxygen atoms in total. The molecule has 2 aromatic carbocycles. The summed E-state index contributed by atoms with van der Waals surface area (Å²) in [6, 6.07) is 13.6. The van der Waals surface area contributed by atoms with Gasteiger partial charge in [-0.1, -0.05) is 42.5 Å². The number of methoxy groups -OCH3 is 1. The van der Waals surface area contributed by atoms with Gasteiger partial charge in [0.05, 0.1) is 25.4 Å². The van der Waals surface area contributed by atoms with E-state index in [2.05, 4.69) is 20.9 Å². The number of carbonyl (C=O) groups is 3. The second-order valence-electron chi connectivity index (χ2n) is 8.34. The number of amides is 3. The van der Waals surface area contributed by atoms with E-state index >= 15 is 0 Å². The molecule has 0 fully saturated rings. The van der Waals surface area contributed by atoms with Crippen molar-refractivity contribution in [2.45, 2.75) is 31.8 Å². The zero-order chi connectivity index (χ0) is 29.1. The van der Waals surface area contributed by atoms with Gasteiger partial charge in [-0.2, -0.15) is 8.42 Å². The third-order valence-corrected chi connectivity index (χ3v) is 6.78. The zero-order valence-corrected chi connectivity index (χ0v) is 23.3. The summed E-state index contributed by atoms with van der Waals surface area (Å²) in [6.45, 7) is 1.84. The molecule has 0 aliphatic rings. The summed E-state index contributed by atoms with van der Waals surface area (Å²) < 4.78 is 43.2. The third kappa shape index (κ3) is 9.83. The van der Waals surface area contributed by atoms with Crippen LogP contribution in [-0.2, 0) is 37.4 Å². The van der Waals surface area contributed by atoms with Crippen LogP contribution in [0.4, 0.5) is 21.1 Å². The number of carbonyl (C=O) groups excluding carboxylic acids is 3. The van der Waals surface area contributed by atoms with Crippen LogP contribution in [0, 0.1) is 0 Å². The topological polar surface area (TPSA) is 185 Å². The fraction of sp³-hybridized carbons (Fsp3) is 0.280. The fourth-order valence-electron chi connectivity index (χ4n) is 3.66. The van der Waals surface area contributed by atoms with Gasteiger partial charge in [-0.15, -0.1) is 11.3 Å². The highest BCUT2D eigenvalue weighted by Crippen LogP contribution is 2.26. The lowest BCUT2D eigenvalue weighted by atomic mass is 10.0. The second-order valence-corrected chi connectivity index (χ2v) is 10.4. The minimum Gasteiger partial charge on any atom is -0.453 e. The van der Waals surface area contributed by atoms with Crippen molar-refractivity contribution in [1.29, 1.82) is 0 Å². The predicted octanol–water partition coefficient (Wildman–Crippen LogP) is 3.29. The molecular formula is C25H29N5O8S2. The number of rotatable bonds is 12. The molecule has 0 saturated heterocycles. The lowest BCUT2D eigenvalue weighted by Crippen LogP contribution is -2.49. The van der Waals surface area contributed by atoms with Gasteiger partial charge >= 0.3 is 22.5 Å². The van der Waals surface area contributed by atoms with Crippen LogP contribution in [0.2, 0.25) is 0 Å². The van der Waals surface area contributed by atoms with Crippen LogP contribution in [0.5, 0.6) is 0 Å². The first-order valence-corrected chi connectivity index (χ1v) is 14.3. The number of alkyl carbamates (subject to hydrolysis) is 1. The van der Waals surface area contributed by atoms with Crippen molar-refractivity contribution in [2.75, 3.05) is 23.8 Å². The maximum Gasteiger partial charge on any atom is 0.412 e. The van der Waals surface area contributed by atoms with Crippen LogP contribution in [0.3, 0.4) is 0 Å². The van der Waals surface area contributed by atoms with Crippen molar-refractivity contribution in [3.05, 3.63) is 76.1 Å². The van der Waals surface area contributed by atoms with Crippen molar-refractivity contribution in [1.82, 2.24) is 15.6 Å². The molecule has 214 valence electrons. The number of hydrogen-bond acceptors (Lipinski definition) is 9. The average molecular weight is 592 g/mol. The molecule has 2 unspecified atom stereocenters. The van der Waals surface area contributed by atoms with E-state index in [1.54, 1.807) is 24.4 Å². The number of benzene rings is 2.